The number of methoxy groups -OCH3 is 2. The summed E-state index contributed by atoms with van der Waals surface area (Å²) < 4.78 is 16.1. The zero-order valence-corrected chi connectivity index (χ0v) is 16.4. The summed E-state index contributed by atoms with van der Waals surface area (Å²) in [6, 6.07) is 9.20. The van der Waals surface area contributed by atoms with E-state index in [0.29, 0.717) is 0 Å². The summed E-state index contributed by atoms with van der Waals surface area (Å²) in [5.74, 6) is -0.922. The molecule has 2 rings (SSSR count). The van der Waals surface area contributed by atoms with Crippen molar-refractivity contribution in [2.24, 2.45) is 7.05 Å². The van der Waals surface area contributed by atoms with Gasteiger partial charge in [0, 0.05) is 7.05 Å². The van der Waals surface area contributed by atoms with Crippen molar-refractivity contribution in [3.63, 3.8) is 0 Å². The number of amides is 1. The van der Waals surface area contributed by atoms with Gasteiger partial charge in [-0.1, -0.05) is 30.3 Å². The molecule has 0 aliphatic rings. The number of esters is 1. The molecule has 28 heavy (non-hydrogen) atoms. The van der Waals surface area contributed by atoms with E-state index in [1.807, 2.05) is 30.3 Å². The van der Waals surface area contributed by atoms with Crippen LogP contribution in [0.5, 0.6) is 5.75 Å². The number of carbonyl (C=O) groups excluding carboxylic acids is 2. The first kappa shape index (κ1) is 20.9. The summed E-state index contributed by atoms with van der Waals surface area (Å²) in [6.45, 7) is 3.35. The molecule has 0 atom stereocenters. The van der Waals surface area contributed by atoms with Gasteiger partial charge in [0.05, 0.1) is 19.8 Å². The highest BCUT2D eigenvalue weighted by Crippen LogP contribution is 2.21. The molecule has 1 aromatic heterocycles. The third-order valence-corrected chi connectivity index (χ3v) is 4.02. The molecule has 1 amide bonds. The fourth-order valence-corrected chi connectivity index (χ4v) is 2.63. The predicted octanol–water partition coefficient (Wildman–Crippen LogP) is 1.74. The Hall–Kier alpha value is -3.36. The Morgan fingerprint density at radius 2 is 1.82 bits per heavy atom. The zero-order chi connectivity index (χ0) is 20.9. The van der Waals surface area contributed by atoms with Crippen LogP contribution in [0.2, 0.25) is 0 Å². The summed E-state index contributed by atoms with van der Waals surface area (Å²) >= 11 is 0. The van der Waals surface area contributed by atoms with E-state index >= 15 is 0 Å². The standard InChI is InChI=1S/C19H23N3O6/c1-19(2,21-18(25)28-11-12-9-7-6-8-10-12)17-20-13(16(24)27-5)14(26-4)15(23)22(17)3/h6-10H,11H2,1-5H3,(H,21,25). The molecule has 0 saturated carbocycles. The van der Waals surface area contributed by atoms with Crippen molar-refractivity contribution in [3.05, 3.63) is 57.8 Å². The summed E-state index contributed by atoms with van der Waals surface area (Å²) in [5, 5.41) is 2.66. The second kappa shape index (κ2) is 8.55. The van der Waals surface area contributed by atoms with Crippen molar-refractivity contribution in [3.8, 4) is 5.75 Å². The molecule has 1 N–H and O–H groups in total. The number of aromatic nitrogens is 2. The topological polar surface area (TPSA) is 109 Å². The molecular formula is C19H23N3O6. The average Bonchev–Trinajstić information content (AvgIpc) is 2.67. The Balaban J connectivity index is 2.28. The zero-order valence-electron chi connectivity index (χ0n) is 16.4. The van der Waals surface area contributed by atoms with E-state index in [1.54, 1.807) is 13.8 Å². The van der Waals surface area contributed by atoms with Crippen LogP contribution in [0, 0.1) is 0 Å². The first-order chi connectivity index (χ1) is 13.2. The van der Waals surface area contributed by atoms with Gasteiger partial charge >= 0.3 is 12.1 Å². The van der Waals surface area contributed by atoms with Gasteiger partial charge in [-0.2, -0.15) is 0 Å². The number of carbonyl (C=O) groups is 2. The van der Waals surface area contributed by atoms with Crippen molar-refractivity contribution < 1.29 is 23.8 Å². The van der Waals surface area contributed by atoms with Gasteiger partial charge in [0.2, 0.25) is 5.75 Å². The van der Waals surface area contributed by atoms with Gasteiger partial charge in [0.15, 0.2) is 5.69 Å². The summed E-state index contributed by atoms with van der Waals surface area (Å²) in [7, 11) is 3.90. The van der Waals surface area contributed by atoms with E-state index < -0.39 is 23.2 Å². The third kappa shape index (κ3) is 4.48. The molecule has 1 heterocycles. The smallest absolute Gasteiger partial charge is 0.408 e. The summed E-state index contributed by atoms with van der Waals surface area (Å²) in [5.41, 5.74) is -1.15. The second-order valence-corrected chi connectivity index (χ2v) is 6.48. The molecule has 0 saturated heterocycles. The molecule has 0 radical (unpaired) electrons. The van der Waals surface area contributed by atoms with Crippen LogP contribution in [0.3, 0.4) is 0 Å². The van der Waals surface area contributed by atoms with Crippen LogP contribution in [-0.2, 0) is 28.7 Å². The van der Waals surface area contributed by atoms with E-state index in [2.05, 4.69) is 15.0 Å². The first-order valence-electron chi connectivity index (χ1n) is 8.44. The highest BCUT2D eigenvalue weighted by Gasteiger charge is 2.32. The fraction of sp³-hybridized carbons (Fsp3) is 0.368. The van der Waals surface area contributed by atoms with Crippen LogP contribution in [-0.4, -0.2) is 35.8 Å². The van der Waals surface area contributed by atoms with Crippen molar-refractivity contribution in [2.75, 3.05) is 14.2 Å². The molecule has 1 aromatic carbocycles. The van der Waals surface area contributed by atoms with Gasteiger partial charge in [0.1, 0.15) is 12.4 Å². The lowest BCUT2D eigenvalue weighted by Crippen LogP contribution is -2.46. The fourth-order valence-electron chi connectivity index (χ4n) is 2.63. The predicted molar refractivity (Wildman–Crippen MR) is 100 cm³/mol. The maximum atomic E-state index is 12.6. The number of alkyl carbamates (subject to hydrolysis) is 1. The molecule has 0 bridgehead atoms. The maximum absolute atomic E-state index is 12.6. The van der Waals surface area contributed by atoms with Crippen molar-refractivity contribution in [1.29, 1.82) is 0 Å². The van der Waals surface area contributed by atoms with E-state index in [4.69, 9.17) is 9.47 Å². The largest absolute Gasteiger partial charge is 0.489 e. The third-order valence-electron chi connectivity index (χ3n) is 4.02. The van der Waals surface area contributed by atoms with Gasteiger partial charge in [0.25, 0.3) is 5.56 Å². The SMILES string of the molecule is COC(=O)c1nc(C(C)(C)NC(=O)OCc2ccccc2)n(C)c(=O)c1OC. The Morgan fingerprint density at radius 1 is 1.18 bits per heavy atom. The van der Waals surface area contributed by atoms with Crippen molar-refractivity contribution >= 4 is 12.1 Å². The molecule has 0 spiro atoms. The highest BCUT2D eigenvalue weighted by molar-refractivity contribution is 5.90. The van der Waals surface area contributed by atoms with Gasteiger partial charge in [-0.3, -0.25) is 9.36 Å². The molecule has 2 aromatic rings. The Morgan fingerprint density at radius 3 is 2.39 bits per heavy atom. The van der Waals surface area contributed by atoms with E-state index in [-0.39, 0.29) is 23.9 Å². The minimum Gasteiger partial charge on any atom is -0.489 e. The molecule has 0 aliphatic carbocycles. The van der Waals surface area contributed by atoms with Crippen molar-refractivity contribution in [2.45, 2.75) is 26.0 Å². The Kier molecular flexibility index (Phi) is 6.40. The Bertz CT molecular complexity index is 921. The molecule has 0 unspecified atom stereocenters. The number of nitrogens with zero attached hydrogens (tertiary/aromatic N) is 2. The summed E-state index contributed by atoms with van der Waals surface area (Å²) in [4.78, 5) is 41.0. The number of hydrogen-bond donors (Lipinski definition) is 1. The molecule has 9 heteroatoms. The molecular weight excluding hydrogens is 366 g/mol. The highest BCUT2D eigenvalue weighted by atomic mass is 16.5. The van der Waals surface area contributed by atoms with Crippen LogP contribution in [0.15, 0.2) is 35.1 Å². The van der Waals surface area contributed by atoms with Gasteiger partial charge < -0.3 is 19.5 Å². The monoisotopic (exact) mass is 389 g/mol. The van der Waals surface area contributed by atoms with Crippen LogP contribution in [0.4, 0.5) is 4.79 Å². The van der Waals surface area contributed by atoms with Gasteiger partial charge in [-0.15, -0.1) is 0 Å². The Labute approximate surface area is 162 Å². The van der Waals surface area contributed by atoms with E-state index in [9.17, 15) is 14.4 Å². The van der Waals surface area contributed by atoms with E-state index in [1.165, 1.54) is 25.8 Å². The number of benzene rings is 1. The van der Waals surface area contributed by atoms with Crippen LogP contribution in [0.25, 0.3) is 0 Å². The lowest BCUT2D eigenvalue weighted by Gasteiger charge is -2.27. The number of rotatable bonds is 6. The van der Waals surface area contributed by atoms with Crippen LogP contribution < -0.4 is 15.6 Å². The van der Waals surface area contributed by atoms with Crippen LogP contribution in [0.1, 0.15) is 35.7 Å². The lowest BCUT2D eigenvalue weighted by atomic mass is 10.0. The van der Waals surface area contributed by atoms with Gasteiger partial charge in [-0.25, -0.2) is 14.6 Å². The van der Waals surface area contributed by atoms with Crippen LogP contribution >= 0.6 is 0 Å². The summed E-state index contributed by atoms with van der Waals surface area (Å²) in [6.07, 6.45) is -0.696. The van der Waals surface area contributed by atoms with Crippen molar-refractivity contribution in [1.82, 2.24) is 14.9 Å². The molecule has 0 fully saturated rings. The number of nitrogens with one attached hydrogen (secondary N) is 1. The maximum Gasteiger partial charge on any atom is 0.408 e. The number of hydrogen-bond acceptors (Lipinski definition) is 7. The minimum absolute atomic E-state index is 0.0884. The molecule has 0 aliphatic heterocycles. The lowest BCUT2D eigenvalue weighted by molar-refractivity contribution is 0.0588. The quantitative estimate of drug-likeness (QED) is 0.750. The first-order valence-corrected chi connectivity index (χ1v) is 8.44. The molecule has 150 valence electrons. The molecule has 9 nitrogen and oxygen atoms in total. The second-order valence-electron chi connectivity index (χ2n) is 6.48. The normalized spacial score (nSPS) is 10.9. The number of ether oxygens (including phenoxy) is 3. The minimum atomic E-state index is -1.13. The van der Waals surface area contributed by atoms with Gasteiger partial charge in [-0.05, 0) is 19.4 Å². The van der Waals surface area contributed by atoms with E-state index in [0.717, 1.165) is 5.56 Å². The average molecular weight is 389 g/mol.